The van der Waals surface area contributed by atoms with Crippen molar-refractivity contribution >= 4 is 28.4 Å². The molecular weight excluding hydrogens is 473 g/mol. The van der Waals surface area contributed by atoms with Crippen LogP contribution in [0.2, 0.25) is 0 Å². The summed E-state index contributed by atoms with van der Waals surface area (Å²) in [5, 5.41) is 0.116. The van der Waals surface area contributed by atoms with Crippen LogP contribution in [-0.2, 0) is 14.3 Å². The maximum atomic E-state index is 13.3. The first kappa shape index (κ1) is 25.3. The van der Waals surface area contributed by atoms with Crippen LogP contribution in [0.3, 0.4) is 0 Å². The molecule has 1 heterocycles. The van der Waals surface area contributed by atoms with E-state index >= 15 is 0 Å². The maximum absolute atomic E-state index is 13.3. The molecule has 12 heteroatoms. The van der Waals surface area contributed by atoms with E-state index in [0.29, 0.717) is 5.75 Å². The molecule has 1 unspecified atom stereocenters. The molecule has 0 saturated heterocycles. The topological polar surface area (TPSA) is 127 Å². The van der Waals surface area contributed by atoms with Gasteiger partial charge in [-0.05, 0) is 29.7 Å². The summed E-state index contributed by atoms with van der Waals surface area (Å²) >= 11 is 0. The summed E-state index contributed by atoms with van der Waals surface area (Å²) < 4.78 is 58.4. The van der Waals surface area contributed by atoms with Gasteiger partial charge in [-0.2, -0.15) is 13.2 Å². The van der Waals surface area contributed by atoms with Gasteiger partial charge >= 0.3 is 12.1 Å². The van der Waals surface area contributed by atoms with Gasteiger partial charge in [0.05, 0.1) is 21.3 Å². The highest BCUT2D eigenvalue weighted by Crippen LogP contribution is 2.38. The number of amides is 1. The Bertz CT molecular complexity index is 1310. The second kappa shape index (κ2) is 9.87. The molecule has 0 radical (unpaired) electrons. The Morgan fingerprint density at radius 2 is 1.57 bits per heavy atom. The van der Waals surface area contributed by atoms with Crippen molar-refractivity contribution in [2.75, 3.05) is 21.3 Å². The van der Waals surface area contributed by atoms with E-state index in [4.69, 9.17) is 19.9 Å². The number of nitrogens with zero attached hydrogens (tertiary/aromatic N) is 1. The zero-order valence-corrected chi connectivity index (χ0v) is 18.6. The number of ketones is 1. The molecule has 0 fully saturated rings. The van der Waals surface area contributed by atoms with Crippen molar-refractivity contribution in [2.45, 2.75) is 12.3 Å². The first-order chi connectivity index (χ1) is 16.5. The number of ether oxygens (including phenoxy) is 4. The molecule has 3 rings (SSSR count). The van der Waals surface area contributed by atoms with Gasteiger partial charge in [0.1, 0.15) is 11.4 Å². The minimum atomic E-state index is -5.37. The number of primary amides is 1. The number of fused-ring (bicyclic) bond motifs is 1. The van der Waals surface area contributed by atoms with Gasteiger partial charge in [-0.25, -0.2) is 4.79 Å². The second-order valence-corrected chi connectivity index (χ2v) is 7.06. The lowest BCUT2D eigenvalue weighted by Gasteiger charge is -2.19. The van der Waals surface area contributed by atoms with Gasteiger partial charge in [0.25, 0.3) is 5.91 Å². The van der Waals surface area contributed by atoms with Crippen molar-refractivity contribution in [3.05, 3.63) is 59.4 Å². The zero-order chi connectivity index (χ0) is 25.9. The molecule has 2 N–H and O–H groups in total. The predicted octanol–water partition coefficient (Wildman–Crippen LogP) is 3.12. The molecule has 3 aromatic rings. The number of alkyl halides is 3. The highest BCUT2D eigenvalue weighted by atomic mass is 19.4. The molecule has 0 aliphatic heterocycles. The molecule has 1 aromatic heterocycles. The number of methoxy groups -OCH3 is 3. The average molecular weight is 492 g/mol. The van der Waals surface area contributed by atoms with Gasteiger partial charge in [0.15, 0.2) is 11.5 Å². The van der Waals surface area contributed by atoms with Crippen LogP contribution < -0.4 is 19.9 Å². The van der Waals surface area contributed by atoms with E-state index in [2.05, 4.69) is 9.72 Å². The van der Waals surface area contributed by atoms with E-state index in [1.165, 1.54) is 45.6 Å². The number of esters is 1. The fourth-order valence-corrected chi connectivity index (χ4v) is 3.33. The Hall–Kier alpha value is -4.35. The van der Waals surface area contributed by atoms with Crippen LogP contribution in [0, 0.1) is 0 Å². The van der Waals surface area contributed by atoms with E-state index in [1.54, 1.807) is 12.1 Å². The highest BCUT2D eigenvalue weighted by Gasteiger charge is 2.44. The van der Waals surface area contributed by atoms with Crippen LogP contribution in [0.5, 0.6) is 17.2 Å². The van der Waals surface area contributed by atoms with E-state index in [9.17, 15) is 27.6 Å². The molecule has 9 nitrogen and oxygen atoms in total. The third-order valence-corrected chi connectivity index (χ3v) is 4.97. The highest BCUT2D eigenvalue weighted by molar-refractivity contribution is 6.16. The smallest absolute Gasteiger partial charge is 0.490 e. The van der Waals surface area contributed by atoms with E-state index in [1.807, 2.05) is 0 Å². The number of halogens is 3. The monoisotopic (exact) mass is 492 g/mol. The predicted molar refractivity (Wildman–Crippen MR) is 115 cm³/mol. The van der Waals surface area contributed by atoms with Gasteiger partial charge in [-0.1, -0.05) is 12.1 Å². The summed E-state index contributed by atoms with van der Waals surface area (Å²) in [5.41, 5.74) is 5.05. The summed E-state index contributed by atoms with van der Waals surface area (Å²) in [4.78, 5) is 40.8. The average Bonchev–Trinajstić information content (AvgIpc) is 2.84. The van der Waals surface area contributed by atoms with Crippen molar-refractivity contribution in [1.29, 1.82) is 0 Å². The Morgan fingerprint density at radius 1 is 0.943 bits per heavy atom. The number of hydrogen-bond donors (Lipinski definition) is 1. The molecule has 0 aliphatic carbocycles. The Morgan fingerprint density at radius 3 is 2.11 bits per heavy atom. The standard InChI is InChI=1S/C23H19F3N2O7/c1-32-12-6-4-5-11(7-12)19(29)18-14-9-17(34-3)16(33-2)8-13(14)15(10-28-18)20(21(27)30)35-22(31)23(24,25)26/h4-10,20H,1-3H3,(H2,27,30). The first-order valence-corrected chi connectivity index (χ1v) is 9.82. The number of aromatic nitrogens is 1. The van der Waals surface area contributed by atoms with E-state index in [0.717, 1.165) is 6.20 Å². The summed E-state index contributed by atoms with van der Waals surface area (Å²) in [5.74, 6) is -3.86. The number of hydrogen-bond acceptors (Lipinski definition) is 8. The van der Waals surface area contributed by atoms with E-state index < -0.39 is 29.9 Å². The van der Waals surface area contributed by atoms with Crippen molar-refractivity contribution in [2.24, 2.45) is 5.73 Å². The van der Waals surface area contributed by atoms with Gasteiger partial charge < -0.3 is 24.7 Å². The van der Waals surface area contributed by atoms with Crippen molar-refractivity contribution in [1.82, 2.24) is 4.98 Å². The molecule has 0 aliphatic rings. The summed E-state index contributed by atoms with van der Waals surface area (Å²) in [6, 6.07) is 8.89. The Labute approximate surface area is 196 Å². The van der Waals surface area contributed by atoms with Gasteiger partial charge in [-0.3, -0.25) is 14.6 Å². The molecule has 1 amide bonds. The van der Waals surface area contributed by atoms with Crippen LogP contribution in [0.15, 0.2) is 42.6 Å². The number of rotatable bonds is 8. The molecule has 1 atom stereocenters. The molecule has 0 bridgehead atoms. The van der Waals surface area contributed by atoms with Crippen molar-refractivity contribution in [3.8, 4) is 17.2 Å². The minimum absolute atomic E-state index is 0.0303. The molecular formula is C23H19F3N2O7. The zero-order valence-electron chi connectivity index (χ0n) is 18.6. The van der Waals surface area contributed by atoms with Crippen molar-refractivity contribution in [3.63, 3.8) is 0 Å². The number of benzene rings is 2. The second-order valence-electron chi connectivity index (χ2n) is 7.06. The van der Waals surface area contributed by atoms with Crippen LogP contribution in [0.4, 0.5) is 13.2 Å². The molecule has 184 valence electrons. The van der Waals surface area contributed by atoms with Crippen molar-refractivity contribution < 1.29 is 46.5 Å². The van der Waals surface area contributed by atoms with Crippen LogP contribution in [0.25, 0.3) is 10.8 Å². The molecule has 2 aromatic carbocycles. The Kier molecular flexibility index (Phi) is 7.13. The third kappa shape index (κ3) is 5.10. The molecule has 0 spiro atoms. The quantitative estimate of drug-likeness (QED) is 0.375. The van der Waals surface area contributed by atoms with Crippen LogP contribution >= 0.6 is 0 Å². The van der Waals surface area contributed by atoms with E-state index in [-0.39, 0.29) is 39.1 Å². The number of pyridine rings is 1. The number of carbonyl (C=O) groups excluding carboxylic acids is 3. The summed E-state index contributed by atoms with van der Waals surface area (Å²) in [7, 11) is 4.07. The summed E-state index contributed by atoms with van der Waals surface area (Å²) in [6.07, 6.45) is -6.58. The first-order valence-electron chi connectivity index (χ1n) is 9.82. The van der Waals surface area contributed by atoms with Gasteiger partial charge in [0.2, 0.25) is 11.9 Å². The molecule has 0 saturated carbocycles. The maximum Gasteiger partial charge on any atom is 0.490 e. The number of carbonyl (C=O) groups is 3. The van der Waals surface area contributed by atoms with Gasteiger partial charge in [0, 0.05) is 22.7 Å². The fraction of sp³-hybridized carbons (Fsp3) is 0.217. The van der Waals surface area contributed by atoms with Crippen LogP contribution in [0.1, 0.15) is 27.7 Å². The largest absolute Gasteiger partial charge is 0.497 e. The Balaban J connectivity index is 2.27. The lowest BCUT2D eigenvalue weighted by molar-refractivity contribution is -0.205. The lowest BCUT2D eigenvalue weighted by Crippen LogP contribution is -2.33. The van der Waals surface area contributed by atoms with Crippen LogP contribution in [-0.4, -0.2) is 50.1 Å². The molecule has 35 heavy (non-hydrogen) atoms. The van der Waals surface area contributed by atoms with Gasteiger partial charge in [-0.15, -0.1) is 0 Å². The summed E-state index contributed by atoms with van der Waals surface area (Å²) in [6.45, 7) is 0. The number of nitrogens with two attached hydrogens (primary N) is 1. The minimum Gasteiger partial charge on any atom is -0.497 e. The lowest BCUT2D eigenvalue weighted by atomic mass is 9.96. The third-order valence-electron chi connectivity index (χ3n) is 4.97. The SMILES string of the molecule is COc1cccc(C(=O)c2ncc(C(OC(=O)C(F)(F)F)C(N)=O)c3cc(OC)c(OC)cc23)c1. The normalized spacial score (nSPS) is 12.1. The fourth-order valence-electron chi connectivity index (χ4n) is 3.33.